The Morgan fingerprint density at radius 3 is 2.58 bits per heavy atom. The second-order valence-corrected chi connectivity index (χ2v) is 9.49. The van der Waals surface area contributed by atoms with Crippen LogP contribution in [0.15, 0.2) is 24.3 Å². The molecule has 0 saturated carbocycles. The third-order valence-electron chi connectivity index (χ3n) is 5.69. The molecule has 0 bridgehead atoms. The number of aryl methyl sites for hydroxylation is 1. The Morgan fingerprint density at radius 2 is 1.90 bits per heavy atom. The van der Waals surface area contributed by atoms with Crippen molar-refractivity contribution in [1.82, 2.24) is 15.6 Å². The maximum Gasteiger partial charge on any atom is 0.339 e. The van der Waals surface area contributed by atoms with Gasteiger partial charge in [-0.25, -0.2) is 9.59 Å². The van der Waals surface area contributed by atoms with Gasteiger partial charge in [-0.1, -0.05) is 39.0 Å². The van der Waals surface area contributed by atoms with E-state index in [0.717, 1.165) is 41.4 Å². The Morgan fingerprint density at radius 1 is 1.19 bits per heavy atom. The first-order valence-corrected chi connectivity index (χ1v) is 10.7. The van der Waals surface area contributed by atoms with Crippen LogP contribution in [0.3, 0.4) is 0 Å². The number of carbonyl (C=O) groups is 3. The van der Waals surface area contributed by atoms with Gasteiger partial charge in [0.2, 0.25) is 0 Å². The average molecular weight is 426 g/mol. The summed E-state index contributed by atoms with van der Waals surface area (Å²) in [7, 11) is 0. The number of benzene rings is 1. The third-order valence-corrected chi connectivity index (χ3v) is 5.69. The molecular weight excluding hydrogens is 394 g/mol. The Hall–Kier alpha value is -2.96. The van der Waals surface area contributed by atoms with E-state index in [1.54, 1.807) is 13.8 Å². The minimum absolute atomic E-state index is 0.105. The van der Waals surface area contributed by atoms with Crippen molar-refractivity contribution in [2.24, 2.45) is 11.3 Å². The number of esters is 1. The first-order valence-electron chi connectivity index (χ1n) is 10.7. The summed E-state index contributed by atoms with van der Waals surface area (Å²) in [4.78, 5) is 41.7. The molecule has 1 aliphatic rings. The van der Waals surface area contributed by atoms with Crippen molar-refractivity contribution in [2.45, 2.75) is 59.9 Å². The van der Waals surface area contributed by atoms with E-state index >= 15 is 0 Å². The molecule has 1 aromatic carbocycles. The second kappa shape index (κ2) is 9.04. The normalized spacial score (nSPS) is 16.0. The van der Waals surface area contributed by atoms with Crippen LogP contribution in [0.2, 0.25) is 0 Å². The number of hydrogen-bond acceptors (Lipinski definition) is 5. The number of para-hydroxylation sites is 1. The molecule has 2 aromatic rings. The van der Waals surface area contributed by atoms with E-state index in [9.17, 15) is 14.4 Å². The lowest BCUT2D eigenvalue weighted by atomic mass is 9.70. The minimum Gasteiger partial charge on any atom is -0.452 e. The first kappa shape index (κ1) is 22.7. The summed E-state index contributed by atoms with van der Waals surface area (Å²) in [6.45, 7) is 9.67. The Balaban J connectivity index is 1.86. The van der Waals surface area contributed by atoms with Gasteiger partial charge in [-0.05, 0) is 56.1 Å². The van der Waals surface area contributed by atoms with Gasteiger partial charge < -0.3 is 10.1 Å². The van der Waals surface area contributed by atoms with E-state index in [2.05, 4.69) is 31.4 Å². The highest BCUT2D eigenvalue weighted by Crippen LogP contribution is 2.39. The highest BCUT2D eigenvalue weighted by molar-refractivity contribution is 6.06. The van der Waals surface area contributed by atoms with Crippen LogP contribution in [0.1, 0.15) is 62.7 Å². The number of imide groups is 1. The van der Waals surface area contributed by atoms with Gasteiger partial charge in [-0.3, -0.25) is 15.1 Å². The lowest BCUT2D eigenvalue weighted by Gasteiger charge is -2.35. The summed E-state index contributed by atoms with van der Waals surface area (Å²) in [5, 5.41) is 5.44. The van der Waals surface area contributed by atoms with Crippen molar-refractivity contribution >= 4 is 28.8 Å². The lowest BCUT2D eigenvalue weighted by Crippen LogP contribution is -2.44. The van der Waals surface area contributed by atoms with Crippen molar-refractivity contribution < 1.29 is 19.1 Å². The number of urea groups is 1. The average Bonchev–Trinajstić information content (AvgIpc) is 2.68. The lowest BCUT2D eigenvalue weighted by molar-refractivity contribution is -0.123. The Labute approximate surface area is 182 Å². The summed E-state index contributed by atoms with van der Waals surface area (Å²) >= 11 is 0. The molecule has 1 unspecified atom stereocenters. The summed E-state index contributed by atoms with van der Waals surface area (Å²) < 4.78 is 5.33. The van der Waals surface area contributed by atoms with Crippen molar-refractivity contribution in [3.63, 3.8) is 0 Å². The van der Waals surface area contributed by atoms with Crippen LogP contribution in [0.25, 0.3) is 10.9 Å². The molecule has 0 radical (unpaired) electrons. The summed E-state index contributed by atoms with van der Waals surface area (Å²) in [5.74, 6) is -0.826. The van der Waals surface area contributed by atoms with Crippen molar-refractivity contribution in [2.75, 3.05) is 6.61 Å². The Bertz CT molecular complexity index is 1010. The van der Waals surface area contributed by atoms with Crippen molar-refractivity contribution in [3.8, 4) is 0 Å². The molecule has 1 atom stereocenters. The van der Waals surface area contributed by atoms with Crippen LogP contribution in [-0.2, 0) is 22.4 Å². The van der Waals surface area contributed by atoms with E-state index in [-0.39, 0.29) is 11.5 Å². The maximum atomic E-state index is 13.1. The topological polar surface area (TPSA) is 97.4 Å². The molecule has 7 heteroatoms. The molecule has 0 spiro atoms. The number of nitrogens with one attached hydrogen (secondary N) is 2. The molecule has 3 rings (SSSR count). The predicted molar refractivity (Wildman–Crippen MR) is 119 cm³/mol. The van der Waals surface area contributed by atoms with E-state index < -0.39 is 24.5 Å². The van der Waals surface area contributed by atoms with Gasteiger partial charge in [-0.2, -0.15) is 0 Å². The molecule has 0 saturated heterocycles. The summed E-state index contributed by atoms with van der Waals surface area (Å²) in [6, 6.07) is 6.76. The molecule has 0 aliphatic heterocycles. The Kier molecular flexibility index (Phi) is 6.62. The van der Waals surface area contributed by atoms with Crippen LogP contribution in [0.5, 0.6) is 0 Å². The summed E-state index contributed by atoms with van der Waals surface area (Å²) in [6.07, 6.45) is 2.56. The van der Waals surface area contributed by atoms with Crippen molar-refractivity contribution in [3.05, 3.63) is 41.1 Å². The largest absolute Gasteiger partial charge is 0.452 e. The summed E-state index contributed by atoms with van der Waals surface area (Å²) in [5.41, 5.74) is 3.16. The zero-order valence-corrected chi connectivity index (χ0v) is 18.9. The van der Waals surface area contributed by atoms with Crippen LogP contribution < -0.4 is 10.6 Å². The minimum atomic E-state index is -0.675. The highest BCUT2D eigenvalue weighted by Gasteiger charge is 2.33. The third kappa shape index (κ3) is 5.40. The van der Waals surface area contributed by atoms with Gasteiger partial charge in [0.05, 0.1) is 11.1 Å². The quantitative estimate of drug-likeness (QED) is 0.727. The van der Waals surface area contributed by atoms with Gasteiger partial charge in [0, 0.05) is 17.1 Å². The van der Waals surface area contributed by atoms with E-state index in [4.69, 9.17) is 9.72 Å². The number of carbonyl (C=O) groups excluding carboxylic acids is 3. The molecule has 0 fully saturated rings. The number of nitrogens with zero attached hydrogens (tertiary/aromatic N) is 1. The first-order chi connectivity index (χ1) is 14.6. The van der Waals surface area contributed by atoms with Gasteiger partial charge in [-0.15, -0.1) is 0 Å². The van der Waals surface area contributed by atoms with Gasteiger partial charge in [0.25, 0.3) is 5.91 Å². The van der Waals surface area contributed by atoms with Gasteiger partial charge in [0.15, 0.2) is 6.61 Å². The standard InChI is InChI=1S/C24H31N3O4/c1-14(2)25-23(30)27-20(28)13-31-22(29)21-16-8-6-7-9-18(16)26-19-11-10-15(12-17(19)21)24(3,4)5/h6-9,14-15H,10-13H2,1-5H3,(H2,25,27,28,30). The number of aromatic nitrogens is 1. The molecule has 166 valence electrons. The van der Waals surface area contributed by atoms with Crippen LogP contribution >= 0.6 is 0 Å². The zero-order chi connectivity index (χ0) is 22.8. The molecule has 7 nitrogen and oxygen atoms in total. The molecule has 1 aromatic heterocycles. The van der Waals surface area contributed by atoms with Gasteiger partial charge in [0.1, 0.15) is 0 Å². The zero-order valence-electron chi connectivity index (χ0n) is 18.9. The number of rotatable bonds is 4. The molecule has 1 aliphatic carbocycles. The number of amides is 3. The van der Waals surface area contributed by atoms with Crippen molar-refractivity contribution in [1.29, 1.82) is 0 Å². The fourth-order valence-corrected chi connectivity index (χ4v) is 4.02. The fourth-order valence-electron chi connectivity index (χ4n) is 4.02. The van der Waals surface area contributed by atoms with Gasteiger partial charge >= 0.3 is 12.0 Å². The highest BCUT2D eigenvalue weighted by atomic mass is 16.5. The smallest absolute Gasteiger partial charge is 0.339 e. The van der Waals surface area contributed by atoms with Crippen LogP contribution in [0, 0.1) is 11.3 Å². The fraction of sp³-hybridized carbons (Fsp3) is 0.500. The molecule has 1 heterocycles. The second-order valence-electron chi connectivity index (χ2n) is 9.49. The monoisotopic (exact) mass is 425 g/mol. The number of pyridine rings is 1. The number of fused-ring (bicyclic) bond motifs is 2. The molecule has 31 heavy (non-hydrogen) atoms. The molecule has 3 amide bonds. The number of ether oxygens (including phenoxy) is 1. The SMILES string of the molecule is CC(C)NC(=O)NC(=O)COC(=O)c1c2c(nc3ccccc13)CCC(C(C)(C)C)C2. The van der Waals surface area contributed by atoms with Crippen LogP contribution in [-0.4, -0.2) is 35.5 Å². The molecular formula is C24H31N3O4. The molecule has 2 N–H and O–H groups in total. The number of hydrogen-bond donors (Lipinski definition) is 2. The van der Waals surface area contributed by atoms with E-state index in [0.29, 0.717) is 11.5 Å². The predicted octanol–water partition coefficient (Wildman–Crippen LogP) is 3.78. The van der Waals surface area contributed by atoms with Crippen LogP contribution in [0.4, 0.5) is 4.79 Å². The van der Waals surface area contributed by atoms with E-state index in [1.807, 2.05) is 24.3 Å². The van der Waals surface area contributed by atoms with E-state index in [1.165, 1.54) is 0 Å². The maximum absolute atomic E-state index is 13.1.